The number of pyridine rings is 2. The third-order valence-corrected chi connectivity index (χ3v) is 5.00. The zero-order valence-electron chi connectivity index (χ0n) is 15.2. The van der Waals surface area contributed by atoms with Crippen molar-refractivity contribution < 1.29 is 14.3 Å². The van der Waals surface area contributed by atoms with Crippen LogP contribution in [0.3, 0.4) is 0 Å². The molecule has 3 aromatic heterocycles. The normalized spacial score (nSPS) is 19.5. The number of carbonyl (C=O) groups is 1. The topological polar surface area (TPSA) is 104 Å². The van der Waals surface area contributed by atoms with Gasteiger partial charge in [-0.1, -0.05) is 6.07 Å². The predicted molar refractivity (Wildman–Crippen MR) is 101 cm³/mol. The van der Waals surface area contributed by atoms with E-state index in [2.05, 4.69) is 10.3 Å². The number of nitrogens with two attached hydrogens (primary N) is 1. The maximum absolute atomic E-state index is 11.2. The second kappa shape index (κ2) is 6.64. The van der Waals surface area contributed by atoms with E-state index in [1.54, 1.807) is 19.4 Å². The van der Waals surface area contributed by atoms with Crippen LogP contribution in [-0.2, 0) is 22.1 Å². The molecule has 4 heterocycles. The lowest BCUT2D eigenvalue weighted by molar-refractivity contribution is -0.0245. The lowest BCUT2D eigenvalue weighted by Gasteiger charge is -2.25. The van der Waals surface area contributed by atoms with Gasteiger partial charge in [-0.2, -0.15) is 0 Å². The molecule has 0 spiro atoms. The highest BCUT2D eigenvalue weighted by atomic mass is 16.5. The average Bonchev–Trinajstić information content (AvgIpc) is 3.27. The van der Waals surface area contributed by atoms with E-state index in [1.807, 2.05) is 36.0 Å². The summed E-state index contributed by atoms with van der Waals surface area (Å²) in [4.78, 5) is 20.3. The van der Waals surface area contributed by atoms with Gasteiger partial charge in [-0.15, -0.1) is 0 Å². The predicted octanol–water partition coefficient (Wildman–Crippen LogP) is 2.39. The van der Waals surface area contributed by atoms with Gasteiger partial charge in [0.05, 0.1) is 29.7 Å². The maximum atomic E-state index is 11.2. The van der Waals surface area contributed by atoms with Crippen LogP contribution in [0.4, 0.5) is 10.6 Å². The number of carbonyl (C=O) groups excluding carboxylic acids is 1. The van der Waals surface area contributed by atoms with Crippen LogP contribution in [0.5, 0.6) is 0 Å². The Morgan fingerprint density at radius 3 is 3.00 bits per heavy atom. The van der Waals surface area contributed by atoms with Gasteiger partial charge in [0.2, 0.25) is 0 Å². The standard InChI is InChI=1S/C19H21N5O3/c1-24-10-13(12-8-17(23-18(20)25)21-9-15(12)24)14-4-3-5-16(22-14)19(26-2)6-7-27-11-19/h3-5,8-10H,6-7,11H2,1-2H3,(H3,20,21,23,25)/t19-/m1/s1. The van der Waals surface area contributed by atoms with Crippen molar-refractivity contribution in [3.05, 3.63) is 42.4 Å². The van der Waals surface area contributed by atoms with Crippen molar-refractivity contribution in [3.8, 4) is 11.3 Å². The highest BCUT2D eigenvalue weighted by Crippen LogP contribution is 2.35. The first kappa shape index (κ1) is 17.4. The number of aryl methyl sites for hydroxylation is 1. The molecule has 0 unspecified atom stereocenters. The van der Waals surface area contributed by atoms with Crippen LogP contribution in [0.2, 0.25) is 0 Å². The molecule has 2 amide bonds. The Morgan fingerprint density at radius 1 is 1.44 bits per heavy atom. The summed E-state index contributed by atoms with van der Waals surface area (Å²) in [5.74, 6) is 0.399. The molecule has 0 bridgehead atoms. The van der Waals surface area contributed by atoms with E-state index in [-0.39, 0.29) is 0 Å². The summed E-state index contributed by atoms with van der Waals surface area (Å²) in [6.45, 7) is 1.15. The molecule has 1 aliphatic rings. The molecule has 1 aliphatic heterocycles. The lowest BCUT2D eigenvalue weighted by Crippen LogP contribution is -2.30. The summed E-state index contributed by atoms with van der Waals surface area (Å²) in [6.07, 6.45) is 4.47. The van der Waals surface area contributed by atoms with Gasteiger partial charge < -0.3 is 19.8 Å². The summed E-state index contributed by atoms with van der Waals surface area (Å²) < 4.78 is 13.3. The number of anilines is 1. The van der Waals surface area contributed by atoms with Crippen molar-refractivity contribution in [2.75, 3.05) is 25.6 Å². The SMILES string of the molecule is CO[C@]1(c2cccc(-c3cn(C)c4cnc(NC(N)=O)cc34)n2)CCOC1. The van der Waals surface area contributed by atoms with Gasteiger partial charge in [-0.25, -0.2) is 14.8 Å². The molecular weight excluding hydrogens is 346 g/mol. The molecule has 140 valence electrons. The van der Waals surface area contributed by atoms with E-state index in [4.69, 9.17) is 20.2 Å². The second-order valence-electron chi connectivity index (χ2n) is 6.64. The first-order valence-corrected chi connectivity index (χ1v) is 8.65. The molecule has 8 nitrogen and oxygen atoms in total. The molecular formula is C19H21N5O3. The zero-order chi connectivity index (χ0) is 19.0. The molecule has 3 aromatic rings. The molecule has 0 aromatic carbocycles. The number of nitrogens with zero attached hydrogens (tertiary/aromatic N) is 3. The summed E-state index contributed by atoms with van der Waals surface area (Å²) >= 11 is 0. The van der Waals surface area contributed by atoms with Gasteiger partial charge in [0, 0.05) is 44.3 Å². The number of ether oxygens (including phenoxy) is 2. The Labute approximate surface area is 156 Å². The van der Waals surface area contributed by atoms with Gasteiger partial charge in [-0.05, 0) is 18.2 Å². The molecule has 1 saturated heterocycles. The number of fused-ring (bicyclic) bond motifs is 1. The van der Waals surface area contributed by atoms with E-state index in [0.29, 0.717) is 19.0 Å². The van der Waals surface area contributed by atoms with Crippen LogP contribution >= 0.6 is 0 Å². The van der Waals surface area contributed by atoms with Crippen LogP contribution in [0, 0.1) is 0 Å². The molecule has 0 saturated carbocycles. The average molecular weight is 367 g/mol. The number of aromatic nitrogens is 3. The first-order chi connectivity index (χ1) is 13.0. The van der Waals surface area contributed by atoms with Crippen molar-refractivity contribution in [3.63, 3.8) is 0 Å². The number of hydrogen-bond donors (Lipinski definition) is 2. The van der Waals surface area contributed by atoms with Crippen molar-refractivity contribution in [2.45, 2.75) is 12.0 Å². The largest absolute Gasteiger partial charge is 0.378 e. The minimum absolute atomic E-state index is 0.399. The fourth-order valence-electron chi connectivity index (χ4n) is 3.53. The third kappa shape index (κ3) is 3.02. The summed E-state index contributed by atoms with van der Waals surface area (Å²) in [5, 5.41) is 3.44. The van der Waals surface area contributed by atoms with Crippen molar-refractivity contribution in [2.24, 2.45) is 12.8 Å². The summed E-state index contributed by atoms with van der Waals surface area (Å²) in [5.41, 5.74) is 8.23. The number of primary amides is 1. The fourth-order valence-corrected chi connectivity index (χ4v) is 3.53. The Morgan fingerprint density at radius 2 is 2.30 bits per heavy atom. The lowest BCUT2D eigenvalue weighted by atomic mass is 9.97. The van der Waals surface area contributed by atoms with Crippen LogP contribution < -0.4 is 11.1 Å². The van der Waals surface area contributed by atoms with E-state index < -0.39 is 11.6 Å². The minimum Gasteiger partial charge on any atom is -0.378 e. The van der Waals surface area contributed by atoms with Crippen LogP contribution in [0.15, 0.2) is 36.7 Å². The maximum Gasteiger partial charge on any atom is 0.317 e. The number of rotatable bonds is 4. The molecule has 3 N–H and O–H groups in total. The fraction of sp³-hybridized carbons (Fsp3) is 0.316. The number of hydrogen-bond acceptors (Lipinski definition) is 5. The van der Waals surface area contributed by atoms with E-state index in [1.165, 1.54) is 0 Å². The Bertz CT molecular complexity index is 1010. The highest BCUT2D eigenvalue weighted by molar-refractivity contribution is 5.98. The highest BCUT2D eigenvalue weighted by Gasteiger charge is 2.38. The molecule has 27 heavy (non-hydrogen) atoms. The van der Waals surface area contributed by atoms with Crippen molar-refractivity contribution in [1.82, 2.24) is 14.5 Å². The second-order valence-corrected chi connectivity index (χ2v) is 6.64. The molecule has 8 heteroatoms. The number of methoxy groups -OCH3 is 1. The van der Waals surface area contributed by atoms with Crippen molar-refractivity contribution >= 4 is 22.8 Å². The quantitative estimate of drug-likeness (QED) is 0.737. The van der Waals surface area contributed by atoms with Crippen LogP contribution in [0.25, 0.3) is 22.2 Å². The number of amides is 2. The molecule has 1 fully saturated rings. The molecule has 1 atom stereocenters. The van der Waals surface area contributed by atoms with Crippen molar-refractivity contribution in [1.29, 1.82) is 0 Å². The first-order valence-electron chi connectivity index (χ1n) is 8.65. The number of nitrogens with one attached hydrogen (secondary N) is 1. The van der Waals surface area contributed by atoms with E-state index in [9.17, 15) is 4.79 Å². The minimum atomic E-state index is -0.650. The molecule has 4 rings (SSSR count). The summed E-state index contributed by atoms with van der Waals surface area (Å²) in [7, 11) is 3.63. The summed E-state index contributed by atoms with van der Waals surface area (Å²) in [6, 6.07) is 7.05. The Balaban J connectivity index is 1.82. The Kier molecular flexibility index (Phi) is 4.29. The van der Waals surface area contributed by atoms with E-state index in [0.717, 1.165) is 34.3 Å². The van der Waals surface area contributed by atoms with Gasteiger partial charge in [0.15, 0.2) is 0 Å². The zero-order valence-corrected chi connectivity index (χ0v) is 15.2. The third-order valence-electron chi connectivity index (χ3n) is 5.00. The molecule has 0 aliphatic carbocycles. The smallest absolute Gasteiger partial charge is 0.317 e. The van der Waals surface area contributed by atoms with Crippen LogP contribution in [0.1, 0.15) is 12.1 Å². The van der Waals surface area contributed by atoms with Gasteiger partial charge in [0.1, 0.15) is 11.4 Å². The van der Waals surface area contributed by atoms with Crippen LogP contribution in [-0.4, -0.2) is 40.9 Å². The monoisotopic (exact) mass is 367 g/mol. The van der Waals surface area contributed by atoms with Gasteiger partial charge in [-0.3, -0.25) is 5.32 Å². The molecule has 0 radical (unpaired) electrons. The van der Waals surface area contributed by atoms with Gasteiger partial charge in [0.25, 0.3) is 0 Å². The van der Waals surface area contributed by atoms with E-state index >= 15 is 0 Å². The Hall–Kier alpha value is -2.97. The number of urea groups is 1. The van der Waals surface area contributed by atoms with Gasteiger partial charge >= 0.3 is 6.03 Å².